The van der Waals surface area contributed by atoms with Crippen molar-refractivity contribution in [2.24, 2.45) is 9.98 Å². The number of aromatic nitrogens is 1. The minimum atomic E-state index is 0.768. The van der Waals surface area contributed by atoms with Crippen molar-refractivity contribution in [2.45, 2.75) is 20.3 Å². The van der Waals surface area contributed by atoms with Crippen molar-refractivity contribution in [3.63, 3.8) is 0 Å². The average Bonchev–Trinajstić information content (AvgIpc) is 2.15. The minimum Gasteiger partial charge on any atom is -0.300 e. The van der Waals surface area contributed by atoms with Crippen LogP contribution in [0.4, 0.5) is 5.69 Å². The highest BCUT2D eigenvalue weighted by Crippen LogP contribution is 2.15. The summed E-state index contributed by atoms with van der Waals surface area (Å²) in [6.45, 7) is 3.94. The molecule has 0 unspecified atom stereocenters. The van der Waals surface area contributed by atoms with Crippen LogP contribution < -0.4 is 0 Å². The van der Waals surface area contributed by atoms with Crippen LogP contribution in [0.2, 0.25) is 0 Å². The summed E-state index contributed by atoms with van der Waals surface area (Å²) in [5.74, 6) is 0. The van der Waals surface area contributed by atoms with Crippen LogP contribution in [0, 0.1) is 13.8 Å². The fraction of sp³-hybridized carbons (Fsp3) is 0.364. The van der Waals surface area contributed by atoms with E-state index in [1.807, 2.05) is 38.4 Å². The third-order valence-electron chi connectivity index (χ3n) is 1.82. The Hall–Kier alpha value is -1.51. The number of aliphatic imine (C=N–C) groups is 2. The van der Waals surface area contributed by atoms with E-state index in [9.17, 15) is 0 Å². The van der Waals surface area contributed by atoms with E-state index < -0.39 is 0 Å². The SMILES string of the molecule is CN=CCC=Nc1ccc(C)nc1C. The summed E-state index contributed by atoms with van der Waals surface area (Å²) in [5, 5.41) is 0. The molecule has 0 N–H and O–H groups in total. The highest BCUT2D eigenvalue weighted by molar-refractivity contribution is 5.80. The van der Waals surface area contributed by atoms with Crippen molar-refractivity contribution in [1.82, 2.24) is 4.98 Å². The Labute approximate surface area is 84.6 Å². The van der Waals surface area contributed by atoms with Gasteiger partial charge < -0.3 is 4.99 Å². The van der Waals surface area contributed by atoms with Gasteiger partial charge >= 0.3 is 0 Å². The number of pyridine rings is 1. The summed E-state index contributed by atoms with van der Waals surface area (Å²) in [4.78, 5) is 12.5. The first-order chi connectivity index (χ1) is 6.74. The van der Waals surface area contributed by atoms with Crippen LogP contribution >= 0.6 is 0 Å². The highest BCUT2D eigenvalue weighted by atomic mass is 14.8. The van der Waals surface area contributed by atoms with Crippen molar-refractivity contribution >= 4 is 18.1 Å². The van der Waals surface area contributed by atoms with Crippen LogP contribution in [0.3, 0.4) is 0 Å². The van der Waals surface area contributed by atoms with Gasteiger partial charge in [0.25, 0.3) is 0 Å². The van der Waals surface area contributed by atoms with Crippen molar-refractivity contribution in [3.05, 3.63) is 23.5 Å². The highest BCUT2D eigenvalue weighted by Gasteiger charge is 1.95. The van der Waals surface area contributed by atoms with Gasteiger partial charge in [-0.15, -0.1) is 0 Å². The van der Waals surface area contributed by atoms with Crippen molar-refractivity contribution in [1.29, 1.82) is 0 Å². The van der Waals surface area contributed by atoms with Crippen molar-refractivity contribution in [3.8, 4) is 0 Å². The molecule has 1 rings (SSSR count). The molecular formula is C11H15N3. The Morgan fingerprint density at radius 3 is 2.71 bits per heavy atom. The number of rotatable bonds is 3. The molecule has 0 fully saturated rings. The van der Waals surface area contributed by atoms with Crippen LogP contribution in [-0.2, 0) is 0 Å². The summed E-state index contributed by atoms with van der Waals surface area (Å²) < 4.78 is 0. The molecule has 0 aliphatic heterocycles. The smallest absolute Gasteiger partial charge is 0.0838 e. The second-order valence-electron chi connectivity index (χ2n) is 3.05. The van der Waals surface area contributed by atoms with E-state index in [4.69, 9.17) is 0 Å². The molecule has 0 atom stereocenters. The minimum absolute atomic E-state index is 0.768. The zero-order chi connectivity index (χ0) is 10.4. The van der Waals surface area contributed by atoms with E-state index in [1.165, 1.54) is 0 Å². The molecule has 14 heavy (non-hydrogen) atoms. The second kappa shape index (κ2) is 5.27. The molecule has 1 aromatic rings. The fourth-order valence-corrected chi connectivity index (χ4v) is 1.12. The van der Waals surface area contributed by atoms with Crippen LogP contribution in [0.5, 0.6) is 0 Å². The van der Waals surface area contributed by atoms with Crippen molar-refractivity contribution in [2.75, 3.05) is 7.05 Å². The Morgan fingerprint density at radius 2 is 2.07 bits per heavy atom. The van der Waals surface area contributed by atoms with Crippen LogP contribution in [0.25, 0.3) is 0 Å². The largest absolute Gasteiger partial charge is 0.300 e. The maximum absolute atomic E-state index is 4.33. The van der Waals surface area contributed by atoms with Gasteiger partial charge in [-0.2, -0.15) is 0 Å². The Morgan fingerprint density at radius 1 is 1.29 bits per heavy atom. The molecule has 1 heterocycles. The molecular weight excluding hydrogens is 174 g/mol. The molecule has 3 heteroatoms. The van der Waals surface area contributed by atoms with Gasteiger partial charge in [-0.25, -0.2) is 0 Å². The van der Waals surface area contributed by atoms with Gasteiger partial charge in [0, 0.05) is 31.6 Å². The standard InChI is InChI=1S/C11H15N3/c1-9-5-6-11(10(2)14-9)13-8-4-7-12-3/h5-8H,4H2,1-3H3. The molecule has 0 aliphatic carbocycles. The number of hydrogen-bond donors (Lipinski definition) is 0. The number of nitrogens with zero attached hydrogens (tertiary/aromatic N) is 3. The van der Waals surface area contributed by atoms with Gasteiger partial charge in [0.15, 0.2) is 0 Å². The van der Waals surface area contributed by atoms with E-state index in [0.29, 0.717) is 0 Å². The first kappa shape index (κ1) is 10.6. The molecule has 0 amide bonds. The predicted octanol–water partition coefficient (Wildman–Crippen LogP) is 2.49. The Bertz CT molecular complexity index is 354. The molecule has 74 valence electrons. The van der Waals surface area contributed by atoms with Gasteiger partial charge in [0.1, 0.15) is 0 Å². The van der Waals surface area contributed by atoms with Gasteiger partial charge in [-0.1, -0.05) is 0 Å². The Kier molecular flexibility index (Phi) is 3.98. The molecule has 0 radical (unpaired) electrons. The molecule has 0 aliphatic rings. The van der Waals surface area contributed by atoms with E-state index >= 15 is 0 Å². The summed E-state index contributed by atoms with van der Waals surface area (Å²) in [5.41, 5.74) is 2.92. The summed E-state index contributed by atoms with van der Waals surface area (Å²) in [6.07, 6.45) is 4.43. The van der Waals surface area contributed by atoms with Gasteiger partial charge in [-0.05, 0) is 26.0 Å². The summed E-state index contributed by atoms with van der Waals surface area (Å²) >= 11 is 0. The molecule has 0 spiro atoms. The first-order valence-electron chi connectivity index (χ1n) is 4.61. The molecule has 0 saturated heterocycles. The van der Waals surface area contributed by atoms with E-state index in [-0.39, 0.29) is 0 Å². The van der Waals surface area contributed by atoms with Crippen LogP contribution in [0.1, 0.15) is 17.8 Å². The lowest BCUT2D eigenvalue weighted by Crippen LogP contribution is -1.85. The molecule has 1 aromatic heterocycles. The lowest BCUT2D eigenvalue weighted by molar-refractivity contribution is 1.12. The monoisotopic (exact) mass is 189 g/mol. The quantitative estimate of drug-likeness (QED) is 0.673. The van der Waals surface area contributed by atoms with Crippen molar-refractivity contribution < 1.29 is 0 Å². The molecule has 0 aromatic carbocycles. The maximum Gasteiger partial charge on any atom is 0.0838 e. The lowest BCUT2D eigenvalue weighted by atomic mass is 10.3. The van der Waals surface area contributed by atoms with Gasteiger partial charge in [0.05, 0.1) is 11.4 Å². The normalized spacial score (nSPS) is 11.6. The first-order valence-corrected chi connectivity index (χ1v) is 4.61. The molecule has 0 bridgehead atoms. The third kappa shape index (κ3) is 3.09. The van der Waals surface area contributed by atoms with E-state index in [0.717, 1.165) is 23.5 Å². The van der Waals surface area contributed by atoms with Gasteiger partial charge in [0.2, 0.25) is 0 Å². The third-order valence-corrected chi connectivity index (χ3v) is 1.82. The Balaban J connectivity index is 2.71. The average molecular weight is 189 g/mol. The fourth-order valence-electron chi connectivity index (χ4n) is 1.12. The number of aryl methyl sites for hydroxylation is 2. The summed E-state index contributed by atoms with van der Waals surface area (Å²) in [7, 11) is 1.76. The van der Waals surface area contributed by atoms with Gasteiger partial charge in [-0.3, -0.25) is 9.98 Å². The topological polar surface area (TPSA) is 37.6 Å². The number of hydrogen-bond acceptors (Lipinski definition) is 3. The zero-order valence-corrected chi connectivity index (χ0v) is 8.86. The lowest BCUT2D eigenvalue weighted by Gasteiger charge is -1.99. The van der Waals surface area contributed by atoms with Crippen LogP contribution in [-0.4, -0.2) is 24.5 Å². The molecule has 3 nitrogen and oxygen atoms in total. The maximum atomic E-state index is 4.33. The second-order valence-corrected chi connectivity index (χ2v) is 3.05. The van der Waals surface area contributed by atoms with Crippen LogP contribution in [0.15, 0.2) is 22.1 Å². The van der Waals surface area contributed by atoms with E-state index in [1.54, 1.807) is 7.05 Å². The van der Waals surface area contributed by atoms with E-state index in [2.05, 4.69) is 15.0 Å². The zero-order valence-electron chi connectivity index (χ0n) is 8.86. The summed E-state index contributed by atoms with van der Waals surface area (Å²) in [6, 6.07) is 3.95. The predicted molar refractivity (Wildman–Crippen MR) is 60.9 cm³/mol. The molecule has 0 saturated carbocycles.